The first kappa shape index (κ1) is 30.7. The first-order chi connectivity index (χ1) is 20.3. The van der Waals surface area contributed by atoms with Crippen LogP contribution in [0.1, 0.15) is 45.5 Å². The number of rotatable bonds is 12. The van der Waals surface area contributed by atoms with E-state index in [2.05, 4.69) is 73.1 Å². The highest BCUT2D eigenvalue weighted by Gasteiger charge is 2.15. The van der Waals surface area contributed by atoms with Gasteiger partial charge < -0.3 is 10.6 Å². The summed E-state index contributed by atoms with van der Waals surface area (Å²) in [5.41, 5.74) is 4.83. The molecule has 5 heterocycles. The van der Waals surface area contributed by atoms with Crippen molar-refractivity contribution < 1.29 is 9.18 Å². The predicted octanol–water partition coefficient (Wildman–Crippen LogP) is 5.78. The fourth-order valence-corrected chi connectivity index (χ4v) is 4.95. The van der Waals surface area contributed by atoms with Crippen LogP contribution in [0.5, 0.6) is 0 Å². The summed E-state index contributed by atoms with van der Waals surface area (Å²) in [6, 6.07) is 6.29. The van der Waals surface area contributed by atoms with Crippen LogP contribution < -0.4 is 10.6 Å². The van der Waals surface area contributed by atoms with Gasteiger partial charge in [0, 0.05) is 37.6 Å². The summed E-state index contributed by atoms with van der Waals surface area (Å²) in [5, 5.41) is 11.0. The Morgan fingerprint density at radius 2 is 2.00 bits per heavy atom. The van der Waals surface area contributed by atoms with Crippen LogP contribution in [0.15, 0.2) is 49.1 Å². The minimum Gasteiger partial charge on any atom is -0.328 e. The number of anilines is 3. The van der Waals surface area contributed by atoms with Crippen LogP contribution in [-0.2, 0) is 17.9 Å². The molecule has 0 aliphatic carbocycles. The van der Waals surface area contributed by atoms with Crippen molar-refractivity contribution in [1.29, 1.82) is 0 Å². The van der Waals surface area contributed by atoms with Crippen LogP contribution in [0.25, 0.3) is 16.9 Å². The summed E-state index contributed by atoms with van der Waals surface area (Å²) in [7, 11) is 0. The molecular formula is C29H37FN10OS. The average molecular weight is 593 g/mol. The number of amides is 1. The summed E-state index contributed by atoms with van der Waals surface area (Å²) in [6.45, 7) is 14.7. The summed E-state index contributed by atoms with van der Waals surface area (Å²) in [5.74, 6) is 1.04. The molecule has 0 aliphatic heterocycles. The smallest absolute Gasteiger partial charge is 0.214 e. The van der Waals surface area contributed by atoms with Crippen molar-refractivity contribution in [2.45, 2.75) is 54.1 Å². The number of carbonyl (C=O) groups excluding carboxylic acids is 1. The monoisotopic (exact) mass is 592 g/mol. The van der Waals surface area contributed by atoms with Gasteiger partial charge in [-0.2, -0.15) is 13.9 Å². The molecule has 13 heteroatoms. The molecule has 5 aromatic heterocycles. The molecule has 1 atom stereocenters. The highest BCUT2D eigenvalue weighted by atomic mass is 32.1. The van der Waals surface area contributed by atoms with Gasteiger partial charge in [0.05, 0.1) is 29.5 Å². The molecule has 222 valence electrons. The molecule has 0 aromatic carbocycles. The van der Waals surface area contributed by atoms with E-state index in [9.17, 15) is 9.18 Å². The van der Waals surface area contributed by atoms with Gasteiger partial charge >= 0.3 is 0 Å². The zero-order chi connectivity index (χ0) is 30.1. The SMILES string of the molecule is CCC(C)CN(CC)Cc1cc(Nc2nc(C)cn3c(-c4cnn(CC)c4)cnc23)sn1.O=CNc1cccc(F)n1. The minimum absolute atomic E-state index is 0.218. The standard InChI is InChI=1S/C23H32N8S.C6H5FN2O/c1-6-16(4)12-29(7-2)15-19-9-21(32-28-19)27-22-23-24-11-20(31(23)13-17(5)26-22)18-10-25-30(8-3)14-18;7-5-2-1-3-6(9-5)8-4-10/h9-11,13-14,16H,6-8,12,15H2,1-5H3,(H,26,27);1-4H,(H,8,9,10). The maximum Gasteiger partial charge on any atom is 0.214 e. The molecule has 0 aliphatic rings. The molecule has 0 saturated carbocycles. The maximum atomic E-state index is 12.2. The van der Waals surface area contributed by atoms with Crippen molar-refractivity contribution in [3.8, 4) is 11.3 Å². The number of hydrogen-bond acceptors (Lipinski definition) is 9. The maximum absolute atomic E-state index is 12.2. The van der Waals surface area contributed by atoms with Crippen LogP contribution in [0.3, 0.4) is 0 Å². The number of nitrogens with zero attached hydrogens (tertiary/aromatic N) is 8. The zero-order valence-electron chi connectivity index (χ0n) is 24.6. The van der Waals surface area contributed by atoms with Gasteiger partial charge in [-0.15, -0.1) is 0 Å². The summed E-state index contributed by atoms with van der Waals surface area (Å²) < 4.78 is 20.9. The zero-order valence-corrected chi connectivity index (χ0v) is 25.4. The molecular weight excluding hydrogens is 555 g/mol. The molecule has 11 nitrogen and oxygen atoms in total. The third-order valence-corrected chi connectivity index (χ3v) is 7.43. The Kier molecular flexibility index (Phi) is 10.7. The van der Waals surface area contributed by atoms with Crippen molar-refractivity contribution in [2.75, 3.05) is 23.7 Å². The van der Waals surface area contributed by atoms with Gasteiger partial charge in [-0.25, -0.2) is 15.0 Å². The number of pyridine rings is 1. The van der Waals surface area contributed by atoms with Gasteiger partial charge in [-0.3, -0.25) is 18.8 Å². The molecule has 42 heavy (non-hydrogen) atoms. The molecule has 1 unspecified atom stereocenters. The normalized spacial score (nSPS) is 11.8. The van der Waals surface area contributed by atoms with E-state index in [0.717, 1.165) is 65.3 Å². The van der Waals surface area contributed by atoms with Gasteiger partial charge in [0.2, 0.25) is 12.4 Å². The van der Waals surface area contributed by atoms with Crippen LogP contribution in [0.4, 0.5) is 21.0 Å². The molecule has 5 rings (SSSR count). The topological polar surface area (TPSA) is 118 Å². The highest BCUT2D eigenvalue weighted by Crippen LogP contribution is 2.28. The Hall–Kier alpha value is -4.23. The van der Waals surface area contributed by atoms with Gasteiger partial charge in [-0.1, -0.05) is 33.3 Å². The number of fused-ring (bicyclic) bond motifs is 1. The van der Waals surface area contributed by atoms with Crippen molar-refractivity contribution in [3.63, 3.8) is 0 Å². The van der Waals surface area contributed by atoms with E-state index in [0.29, 0.717) is 12.3 Å². The Balaban J connectivity index is 0.000000343. The summed E-state index contributed by atoms with van der Waals surface area (Å²) in [4.78, 5) is 25.0. The van der Waals surface area contributed by atoms with Gasteiger partial charge in [0.1, 0.15) is 10.8 Å². The van der Waals surface area contributed by atoms with E-state index in [-0.39, 0.29) is 5.82 Å². The van der Waals surface area contributed by atoms with Gasteiger partial charge in [0.25, 0.3) is 0 Å². The van der Waals surface area contributed by atoms with Crippen molar-refractivity contribution in [1.82, 2.24) is 38.4 Å². The fourth-order valence-electron chi connectivity index (χ4n) is 4.29. The second kappa shape index (κ2) is 14.6. The predicted molar refractivity (Wildman–Crippen MR) is 164 cm³/mol. The number of hydrogen-bond donors (Lipinski definition) is 2. The average Bonchev–Trinajstić information content (AvgIpc) is 3.73. The first-order valence-corrected chi connectivity index (χ1v) is 14.8. The first-order valence-electron chi connectivity index (χ1n) is 14.0. The van der Waals surface area contributed by atoms with E-state index in [1.807, 2.05) is 36.4 Å². The van der Waals surface area contributed by atoms with Crippen LogP contribution in [0, 0.1) is 18.8 Å². The minimum atomic E-state index is -0.605. The lowest BCUT2D eigenvalue weighted by Crippen LogP contribution is -2.27. The number of aromatic nitrogens is 7. The Labute approximate surface area is 249 Å². The second-order valence-electron chi connectivity index (χ2n) is 9.91. The number of aryl methyl sites for hydroxylation is 2. The number of halogens is 1. The van der Waals surface area contributed by atoms with E-state index in [4.69, 9.17) is 4.98 Å². The quantitative estimate of drug-likeness (QED) is 0.138. The Bertz CT molecular complexity index is 1600. The molecule has 5 aromatic rings. The molecule has 0 spiro atoms. The van der Waals surface area contributed by atoms with Crippen molar-refractivity contribution in [2.24, 2.45) is 5.92 Å². The third kappa shape index (κ3) is 7.95. The lowest BCUT2D eigenvalue weighted by atomic mass is 10.1. The van der Waals surface area contributed by atoms with Gasteiger partial charge in [0.15, 0.2) is 11.5 Å². The molecule has 0 fully saturated rings. The molecule has 2 N–H and O–H groups in total. The Morgan fingerprint density at radius 3 is 2.69 bits per heavy atom. The van der Waals surface area contributed by atoms with Crippen LogP contribution in [0.2, 0.25) is 0 Å². The second-order valence-corrected chi connectivity index (χ2v) is 10.7. The number of nitrogens with one attached hydrogen (secondary N) is 2. The molecule has 1 amide bonds. The number of carbonyl (C=O) groups is 1. The van der Waals surface area contributed by atoms with E-state index in [1.165, 1.54) is 36.2 Å². The van der Waals surface area contributed by atoms with E-state index in [1.54, 1.807) is 0 Å². The number of imidazole rings is 1. The molecule has 0 radical (unpaired) electrons. The van der Waals surface area contributed by atoms with Crippen LogP contribution in [-0.4, -0.2) is 57.9 Å². The fraction of sp³-hybridized carbons (Fsp3) is 0.379. The molecule has 0 saturated heterocycles. The molecule has 0 bridgehead atoms. The van der Waals surface area contributed by atoms with E-state index >= 15 is 0 Å². The van der Waals surface area contributed by atoms with Crippen molar-refractivity contribution in [3.05, 3.63) is 66.4 Å². The summed E-state index contributed by atoms with van der Waals surface area (Å²) >= 11 is 1.47. The lowest BCUT2D eigenvalue weighted by Gasteiger charge is -2.22. The van der Waals surface area contributed by atoms with E-state index < -0.39 is 5.95 Å². The van der Waals surface area contributed by atoms with Crippen molar-refractivity contribution >= 4 is 40.2 Å². The summed E-state index contributed by atoms with van der Waals surface area (Å²) in [6.07, 6.45) is 9.45. The Morgan fingerprint density at radius 1 is 1.17 bits per heavy atom. The van der Waals surface area contributed by atoms with Crippen LogP contribution >= 0.6 is 11.5 Å². The third-order valence-electron chi connectivity index (χ3n) is 6.69. The lowest BCUT2D eigenvalue weighted by molar-refractivity contribution is -0.105. The van der Waals surface area contributed by atoms with Gasteiger partial charge in [-0.05, 0) is 56.0 Å². The highest BCUT2D eigenvalue weighted by molar-refractivity contribution is 7.10. The largest absolute Gasteiger partial charge is 0.328 e.